The van der Waals surface area contributed by atoms with Gasteiger partial charge in [-0.3, -0.25) is 14.9 Å². The highest BCUT2D eigenvalue weighted by molar-refractivity contribution is 5.81. The molecule has 1 atom stereocenters. The molecule has 3 N–H and O–H groups in total. The molecule has 1 unspecified atom stereocenters. The van der Waals surface area contributed by atoms with Crippen LogP contribution in [-0.2, 0) is 22.6 Å². The summed E-state index contributed by atoms with van der Waals surface area (Å²) in [7, 11) is 0. The molecule has 0 bridgehead atoms. The predicted octanol–water partition coefficient (Wildman–Crippen LogP) is 0.0341. The summed E-state index contributed by atoms with van der Waals surface area (Å²) >= 11 is 0. The lowest BCUT2D eigenvalue weighted by Gasteiger charge is -2.22. The number of alkyl halides is 3. The molecule has 0 radical (unpaired) electrons. The maximum Gasteiger partial charge on any atom is 0.414 e. The van der Waals surface area contributed by atoms with E-state index in [1.807, 2.05) is 0 Å². The number of halogens is 3. The molecule has 1 aliphatic rings. The predicted molar refractivity (Wildman–Crippen MR) is 53.1 cm³/mol. The SMILES string of the molecule is O=C(NOCC(F)(F)F)C1Cc2nc[nH]c2CN1. The minimum Gasteiger partial charge on any atom is -0.347 e. The Morgan fingerprint density at radius 3 is 3.11 bits per heavy atom. The zero-order valence-corrected chi connectivity index (χ0v) is 9.17. The fourth-order valence-electron chi connectivity index (χ4n) is 1.61. The third-order valence-electron chi connectivity index (χ3n) is 2.46. The Bertz CT molecular complexity index is 432. The molecule has 0 saturated carbocycles. The van der Waals surface area contributed by atoms with E-state index < -0.39 is 24.7 Å². The van der Waals surface area contributed by atoms with Gasteiger partial charge in [0, 0.05) is 13.0 Å². The van der Waals surface area contributed by atoms with Crippen molar-refractivity contribution in [3.63, 3.8) is 0 Å². The van der Waals surface area contributed by atoms with Gasteiger partial charge in [-0.2, -0.15) is 13.2 Å². The molecular weight excluding hydrogens is 253 g/mol. The topological polar surface area (TPSA) is 79.0 Å². The summed E-state index contributed by atoms with van der Waals surface area (Å²) in [4.78, 5) is 22.5. The van der Waals surface area contributed by atoms with Gasteiger partial charge in [0.05, 0.1) is 23.8 Å². The number of amides is 1. The lowest BCUT2D eigenvalue weighted by Crippen LogP contribution is -2.48. The molecular formula is C9H11F3N4O2. The molecule has 0 aromatic carbocycles. The molecule has 0 fully saturated rings. The molecule has 0 aliphatic carbocycles. The summed E-state index contributed by atoms with van der Waals surface area (Å²) < 4.78 is 35.4. The average Bonchev–Trinajstić information content (AvgIpc) is 2.73. The van der Waals surface area contributed by atoms with Gasteiger partial charge < -0.3 is 4.98 Å². The molecule has 6 nitrogen and oxygen atoms in total. The number of nitrogens with zero attached hydrogens (tertiary/aromatic N) is 1. The monoisotopic (exact) mass is 264 g/mol. The number of carbonyl (C=O) groups excluding carboxylic acids is 1. The summed E-state index contributed by atoms with van der Waals surface area (Å²) in [6.45, 7) is -1.11. The maximum absolute atomic E-state index is 11.8. The Morgan fingerprint density at radius 1 is 1.61 bits per heavy atom. The van der Waals surface area contributed by atoms with E-state index in [-0.39, 0.29) is 0 Å². The van der Waals surface area contributed by atoms with Crippen LogP contribution in [0.1, 0.15) is 11.4 Å². The molecule has 1 amide bonds. The van der Waals surface area contributed by atoms with E-state index in [9.17, 15) is 18.0 Å². The number of fused-ring (bicyclic) bond motifs is 1. The number of nitrogens with one attached hydrogen (secondary N) is 3. The molecule has 0 spiro atoms. The van der Waals surface area contributed by atoms with Crippen molar-refractivity contribution < 1.29 is 22.8 Å². The van der Waals surface area contributed by atoms with Gasteiger partial charge in [-0.25, -0.2) is 10.5 Å². The van der Waals surface area contributed by atoms with Crippen LogP contribution < -0.4 is 10.8 Å². The van der Waals surface area contributed by atoms with Gasteiger partial charge in [-0.15, -0.1) is 0 Å². The van der Waals surface area contributed by atoms with Crippen LogP contribution in [0.3, 0.4) is 0 Å². The standard InChI is InChI=1S/C9H11F3N4O2/c10-9(11,12)3-18-16-8(17)6-1-5-7(2-13-6)15-4-14-5/h4,6,13H,1-3H2,(H,14,15)(H,16,17). The van der Waals surface area contributed by atoms with Gasteiger partial charge in [-0.05, 0) is 0 Å². The van der Waals surface area contributed by atoms with Gasteiger partial charge in [0.2, 0.25) is 0 Å². The number of rotatable bonds is 3. The van der Waals surface area contributed by atoms with Crippen molar-refractivity contribution in [3.05, 3.63) is 17.7 Å². The second-order valence-electron chi connectivity index (χ2n) is 3.84. The number of aromatic amines is 1. The normalized spacial score (nSPS) is 19.4. The van der Waals surface area contributed by atoms with Gasteiger partial charge >= 0.3 is 6.18 Å². The Labute approximate surface area is 99.9 Å². The highest BCUT2D eigenvalue weighted by Gasteiger charge is 2.30. The van der Waals surface area contributed by atoms with Crippen LogP contribution in [0.15, 0.2) is 6.33 Å². The fraction of sp³-hybridized carbons (Fsp3) is 0.556. The average molecular weight is 264 g/mol. The number of hydrogen-bond donors (Lipinski definition) is 3. The van der Waals surface area contributed by atoms with Crippen molar-refractivity contribution in [2.75, 3.05) is 6.61 Å². The molecule has 0 saturated heterocycles. The molecule has 1 aromatic rings. The van der Waals surface area contributed by atoms with Crippen molar-refractivity contribution in [1.29, 1.82) is 0 Å². The van der Waals surface area contributed by atoms with Crippen molar-refractivity contribution in [2.24, 2.45) is 0 Å². The summed E-state index contributed by atoms with van der Waals surface area (Å²) in [5, 5.41) is 2.86. The quantitative estimate of drug-likeness (QED) is 0.673. The first-order valence-electron chi connectivity index (χ1n) is 5.18. The molecule has 18 heavy (non-hydrogen) atoms. The highest BCUT2D eigenvalue weighted by atomic mass is 19.4. The Hall–Kier alpha value is -1.61. The zero-order valence-electron chi connectivity index (χ0n) is 9.17. The lowest BCUT2D eigenvalue weighted by molar-refractivity contribution is -0.192. The van der Waals surface area contributed by atoms with Gasteiger partial charge in [-0.1, -0.05) is 0 Å². The van der Waals surface area contributed by atoms with Crippen LogP contribution >= 0.6 is 0 Å². The number of imidazole rings is 1. The van der Waals surface area contributed by atoms with Gasteiger partial charge in [0.15, 0.2) is 6.61 Å². The minimum atomic E-state index is -4.47. The van der Waals surface area contributed by atoms with E-state index in [4.69, 9.17) is 0 Å². The molecule has 2 heterocycles. The Morgan fingerprint density at radius 2 is 2.39 bits per heavy atom. The Balaban J connectivity index is 1.81. The second kappa shape index (κ2) is 4.94. The van der Waals surface area contributed by atoms with Crippen LogP contribution in [0.5, 0.6) is 0 Å². The number of aromatic nitrogens is 2. The molecule has 100 valence electrons. The Kier molecular flexibility index (Phi) is 3.53. The zero-order chi connectivity index (χ0) is 13.2. The van der Waals surface area contributed by atoms with Gasteiger partial charge in [0.1, 0.15) is 0 Å². The minimum absolute atomic E-state index is 0.306. The molecule has 2 rings (SSSR count). The summed E-state index contributed by atoms with van der Waals surface area (Å²) in [6, 6.07) is -0.644. The van der Waals surface area contributed by atoms with Crippen molar-refractivity contribution >= 4 is 5.91 Å². The first-order chi connectivity index (χ1) is 8.46. The summed E-state index contributed by atoms with van der Waals surface area (Å²) in [5.74, 6) is -0.645. The van der Waals surface area contributed by atoms with E-state index in [2.05, 4.69) is 20.1 Å². The molecule has 9 heteroatoms. The third-order valence-corrected chi connectivity index (χ3v) is 2.46. The molecule has 1 aliphatic heterocycles. The number of carbonyl (C=O) groups is 1. The number of hydroxylamine groups is 1. The summed E-state index contributed by atoms with van der Waals surface area (Å²) in [5.41, 5.74) is 3.37. The van der Waals surface area contributed by atoms with Crippen molar-refractivity contribution in [2.45, 2.75) is 25.2 Å². The van der Waals surface area contributed by atoms with Gasteiger partial charge in [0.25, 0.3) is 5.91 Å². The van der Waals surface area contributed by atoms with E-state index >= 15 is 0 Å². The number of H-pyrrole nitrogens is 1. The summed E-state index contributed by atoms with van der Waals surface area (Å²) in [6.07, 6.45) is -2.66. The third kappa shape index (κ3) is 3.20. The van der Waals surface area contributed by atoms with E-state index in [0.29, 0.717) is 13.0 Å². The van der Waals surface area contributed by atoms with E-state index in [0.717, 1.165) is 11.4 Å². The van der Waals surface area contributed by atoms with E-state index in [1.165, 1.54) is 6.33 Å². The maximum atomic E-state index is 11.8. The first kappa shape index (κ1) is 12.8. The van der Waals surface area contributed by atoms with Crippen molar-refractivity contribution in [3.8, 4) is 0 Å². The fourth-order valence-corrected chi connectivity index (χ4v) is 1.61. The van der Waals surface area contributed by atoms with Crippen molar-refractivity contribution in [1.82, 2.24) is 20.8 Å². The lowest BCUT2D eigenvalue weighted by atomic mass is 10.1. The number of hydrogen-bond acceptors (Lipinski definition) is 4. The highest BCUT2D eigenvalue weighted by Crippen LogP contribution is 2.14. The smallest absolute Gasteiger partial charge is 0.347 e. The van der Waals surface area contributed by atoms with E-state index in [1.54, 1.807) is 5.48 Å². The largest absolute Gasteiger partial charge is 0.414 e. The van der Waals surface area contributed by atoms with Crippen LogP contribution in [0.25, 0.3) is 0 Å². The van der Waals surface area contributed by atoms with Crippen LogP contribution in [0.2, 0.25) is 0 Å². The second-order valence-corrected chi connectivity index (χ2v) is 3.84. The van der Waals surface area contributed by atoms with Crippen LogP contribution in [-0.4, -0.2) is 34.7 Å². The molecule has 1 aromatic heterocycles. The first-order valence-corrected chi connectivity index (χ1v) is 5.18. The van der Waals surface area contributed by atoms with Crippen LogP contribution in [0.4, 0.5) is 13.2 Å². The van der Waals surface area contributed by atoms with Crippen LogP contribution in [0, 0.1) is 0 Å².